The minimum atomic E-state index is -0.108. The molecule has 1 aliphatic rings. The van der Waals surface area contributed by atoms with Gasteiger partial charge in [0, 0.05) is 57.6 Å². The Hall–Kier alpha value is -2.12. The summed E-state index contributed by atoms with van der Waals surface area (Å²) in [4.78, 5) is 28.2. The lowest BCUT2D eigenvalue weighted by atomic mass is 10.2. The number of ether oxygens (including phenoxy) is 1. The van der Waals surface area contributed by atoms with E-state index < -0.39 is 0 Å². The van der Waals surface area contributed by atoms with Gasteiger partial charge in [-0.2, -0.15) is 0 Å². The number of hydrogen-bond donors (Lipinski definition) is 2. The van der Waals surface area contributed by atoms with Gasteiger partial charge >= 0.3 is 6.03 Å². The van der Waals surface area contributed by atoms with Crippen LogP contribution in [0.1, 0.15) is 19.8 Å². The van der Waals surface area contributed by atoms with Crippen molar-refractivity contribution in [1.82, 2.24) is 9.80 Å². The quantitative estimate of drug-likeness (QED) is 0.792. The average molecular weight is 348 g/mol. The highest BCUT2D eigenvalue weighted by atomic mass is 16.5. The summed E-state index contributed by atoms with van der Waals surface area (Å²) in [5, 5.41) is 5.75. The largest absolute Gasteiger partial charge is 0.383 e. The van der Waals surface area contributed by atoms with Gasteiger partial charge in [-0.3, -0.25) is 9.69 Å². The summed E-state index contributed by atoms with van der Waals surface area (Å²) < 4.78 is 5.09. The van der Waals surface area contributed by atoms with Crippen LogP contribution in [0.15, 0.2) is 24.3 Å². The van der Waals surface area contributed by atoms with E-state index in [0.29, 0.717) is 37.5 Å². The van der Waals surface area contributed by atoms with E-state index in [-0.39, 0.29) is 11.9 Å². The molecule has 3 amide bonds. The van der Waals surface area contributed by atoms with Crippen molar-refractivity contribution < 1.29 is 14.3 Å². The van der Waals surface area contributed by atoms with Gasteiger partial charge in [-0.1, -0.05) is 13.0 Å². The number of anilines is 2. The molecule has 7 nitrogen and oxygen atoms in total. The molecule has 0 aliphatic carbocycles. The van der Waals surface area contributed by atoms with E-state index in [2.05, 4.69) is 15.5 Å². The van der Waals surface area contributed by atoms with Crippen molar-refractivity contribution in [2.75, 3.05) is 57.1 Å². The molecule has 7 heteroatoms. The van der Waals surface area contributed by atoms with Crippen molar-refractivity contribution in [3.63, 3.8) is 0 Å². The molecule has 0 spiro atoms. The van der Waals surface area contributed by atoms with Crippen molar-refractivity contribution in [2.24, 2.45) is 0 Å². The van der Waals surface area contributed by atoms with Crippen LogP contribution in [0.4, 0.5) is 16.2 Å². The van der Waals surface area contributed by atoms with Crippen LogP contribution in [0.25, 0.3) is 0 Å². The van der Waals surface area contributed by atoms with Crippen molar-refractivity contribution in [3.05, 3.63) is 24.3 Å². The van der Waals surface area contributed by atoms with Crippen LogP contribution in [0.2, 0.25) is 0 Å². The van der Waals surface area contributed by atoms with E-state index >= 15 is 0 Å². The third-order valence-corrected chi connectivity index (χ3v) is 4.15. The first-order valence-electron chi connectivity index (χ1n) is 8.79. The van der Waals surface area contributed by atoms with Gasteiger partial charge in [-0.15, -0.1) is 0 Å². The highest BCUT2D eigenvalue weighted by Crippen LogP contribution is 2.16. The molecule has 1 saturated heterocycles. The molecule has 1 aromatic carbocycles. The number of benzene rings is 1. The van der Waals surface area contributed by atoms with Gasteiger partial charge in [0.2, 0.25) is 5.91 Å². The monoisotopic (exact) mass is 348 g/mol. The van der Waals surface area contributed by atoms with E-state index in [1.54, 1.807) is 13.2 Å². The SMILES string of the molecule is CCCC(=O)Nc1cccc(NC(=O)N2CCN(CCOC)CC2)c1. The Morgan fingerprint density at radius 2 is 1.80 bits per heavy atom. The molecule has 25 heavy (non-hydrogen) atoms. The maximum absolute atomic E-state index is 12.4. The lowest BCUT2D eigenvalue weighted by Crippen LogP contribution is -2.50. The molecule has 0 bridgehead atoms. The minimum Gasteiger partial charge on any atom is -0.383 e. The zero-order chi connectivity index (χ0) is 18.1. The molecule has 2 N–H and O–H groups in total. The van der Waals surface area contributed by atoms with Crippen LogP contribution in [-0.4, -0.2) is 68.2 Å². The molecule has 0 unspecified atom stereocenters. The van der Waals surface area contributed by atoms with Crippen molar-refractivity contribution in [1.29, 1.82) is 0 Å². The van der Waals surface area contributed by atoms with Gasteiger partial charge in [-0.05, 0) is 24.6 Å². The normalized spacial score (nSPS) is 15.0. The highest BCUT2D eigenvalue weighted by molar-refractivity contribution is 5.93. The first-order valence-corrected chi connectivity index (χ1v) is 8.79. The van der Waals surface area contributed by atoms with E-state index in [4.69, 9.17) is 4.74 Å². The number of nitrogens with zero attached hydrogens (tertiary/aromatic N) is 2. The minimum absolute atomic E-state index is 0.0156. The van der Waals surface area contributed by atoms with Crippen LogP contribution in [-0.2, 0) is 9.53 Å². The van der Waals surface area contributed by atoms with Gasteiger partial charge in [0.15, 0.2) is 0 Å². The summed E-state index contributed by atoms with van der Waals surface area (Å²) in [6.07, 6.45) is 1.29. The molecule has 1 fully saturated rings. The summed E-state index contributed by atoms with van der Waals surface area (Å²) in [5.41, 5.74) is 1.38. The van der Waals surface area contributed by atoms with Crippen LogP contribution >= 0.6 is 0 Å². The summed E-state index contributed by atoms with van der Waals surface area (Å²) >= 11 is 0. The van der Waals surface area contributed by atoms with Crippen molar-refractivity contribution in [2.45, 2.75) is 19.8 Å². The first kappa shape index (κ1) is 19.2. The summed E-state index contributed by atoms with van der Waals surface area (Å²) in [6, 6.07) is 7.13. The first-order chi connectivity index (χ1) is 12.1. The fourth-order valence-electron chi connectivity index (χ4n) is 2.72. The predicted octanol–water partition coefficient (Wildman–Crippen LogP) is 2.22. The molecule has 1 aliphatic heterocycles. The van der Waals surface area contributed by atoms with Crippen LogP contribution in [0, 0.1) is 0 Å². The van der Waals surface area contributed by atoms with Gasteiger partial charge in [-0.25, -0.2) is 4.79 Å². The second-order valence-electron chi connectivity index (χ2n) is 6.13. The van der Waals surface area contributed by atoms with Gasteiger partial charge in [0.05, 0.1) is 6.61 Å². The zero-order valence-corrected chi connectivity index (χ0v) is 15.1. The van der Waals surface area contributed by atoms with Gasteiger partial charge in [0.25, 0.3) is 0 Å². The molecule has 0 saturated carbocycles. The predicted molar refractivity (Wildman–Crippen MR) is 98.9 cm³/mol. The molecular weight excluding hydrogens is 320 g/mol. The number of piperazine rings is 1. The van der Waals surface area contributed by atoms with E-state index in [1.807, 2.05) is 30.0 Å². The van der Waals surface area contributed by atoms with Crippen LogP contribution < -0.4 is 10.6 Å². The van der Waals surface area contributed by atoms with Gasteiger partial charge in [0.1, 0.15) is 0 Å². The number of carbonyl (C=O) groups is 2. The maximum Gasteiger partial charge on any atom is 0.321 e. The molecular formula is C18H28N4O3. The Kier molecular flexibility index (Phi) is 7.69. The average Bonchev–Trinajstić information content (AvgIpc) is 2.61. The fraction of sp³-hybridized carbons (Fsp3) is 0.556. The highest BCUT2D eigenvalue weighted by Gasteiger charge is 2.20. The zero-order valence-electron chi connectivity index (χ0n) is 15.1. The van der Waals surface area contributed by atoms with Crippen molar-refractivity contribution >= 4 is 23.3 Å². The smallest absolute Gasteiger partial charge is 0.321 e. The van der Waals surface area contributed by atoms with Gasteiger partial charge < -0.3 is 20.3 Å². The number of methoxy groups -OCH3 is 1. The molecule has 2 rings (SSSR count). The third kappa shape index (κ3) is 6.36. The molecule has 0 radical (unpaired) electrons. The standard InChI is InChI=1S/C18H28N4O3/c1-3-5-17(23)19-15-6-4-7-16(14-15)20-18(24)22-10-8-21(9-11-22)12-13-25-2/h4,6-7,14H,3,5,8-13H2,1-2H3,(H,19,23)(H,20,24). The second kappa shape index (κ2) is 10.0. The number of hydrogen-bond acceptors (Lipinski definition) is 4. The molecule has 138 valence electrons. The van der Waals surface area contributed by atoms with E-state index in [0.717, 1.165) is 26.1 Å². The number of carbonyl (C=O) groups excluding carboxylic acids is 2. The second-order valence-corrected chi connectivity index (χ2v) is 6.13. The number of urea groups is 1. The molecule has 0 aromatic heterocycles. The summed E-state index contributed by atoms with van der Waals surface area (Å²) in [6.45, 7) is 6.66. The number of amides is 3. The molecule has 0 atom stereocenters. The maximum atomic E-state index is 12.4. The third-order valence-electron chi connectivity index (χ3n) is 4.15. The molecule has 1 heterocycles. The van der Waals surface area contributed by atoms with Crippen LogP contribution in [0.3, 0.4) is 0 Å². The fourth-order valence-corrected chi connectivity index (χ4v) is 2.72. The Morgan fingerprint density at radius 1 is 1.12 bits per heavy atom. The Morgan fingerprint density at radius 3 is 2.44 bits per heavy atom. The lowest BCUT2D eigenvalue weighted by molar-refractivity contribution is -0.116. The van der Waals surface area contributed by atoms with Crippen LogP contribution in [0.5, 0.6) is 0 Å². The van der Waals surface area contributed by atoms with E-state index in [1.165, 1.54) is 0 Å². The molecule has 1 aromatic rings. The Balaban J connectivity index is 1.83. The number of nitrogens with one attached hydrogen (secondary N) is 2. The number of rotatable bonds is 7. The van der Waals surface area contributed by atoms with Crippen molar-refractivity contribution in [3.8, 4) is 0 Å². The Labute approximate surface area is 149 Å². The topological polar surface area (TPSA) is 73.9 Å². The lowest BCUT2D eigenvalue weighted by Gasteiger charge is -2.34. The van der Waals surface area contributed by atoms with E-state index in [9.17, 15) is 9.59 Å². The Bertz CT molecular complexity index is 571. The summed E-state index contributed by atoms with van der Waals surface area (Å²) in [7, 11) is 1.70. The summed E-state index contributed by atoms with van der Waals surface area (Å²) in [5.74, 6) is -0.0156.